The first-order valence-electron chi connectivity index (χ1n) is 8.97. The average molecular weight is 334 g/mol. The second-order valence-electron chi connectivity index (χ2n) is 6.11. The van der Waals surface area contributed by atoms with Crippen molar-refractivity contribution in [2.75, 3.05) is 0 Å². The van der Waals surface area contributed by atoms with Crippen LogP contribution in [0, 0.1) is 0 Å². The van der Waals surface area contributed by atoms with E-state index in [0.717, 1.165) is 12.8 Å². The molecule has 0 radical (unpaired) electrons. The Morgan fingerprint density at radius 1 is 1.04 bits per heavy atom. The summed E-state index contributed by atoms with van der Waals surface area (Å²) < 4.78 is 0. The molecule has 1 rings (SSSR count). The Balaban J connectivity index is 2.07. The van der Waals surface area contributed by atoms with Gasteiger partial charge in [-0.05, 0) is 18.6 Å². The van der Waals surface area contributed by atoms with Crippen molar-refractivity contribution in [1.82, 2.24) is 5.43 Å². The van der Waals surface area contributed by atoms with Crippen LogP contribution in [0.25, 0.3) is 0 Å². The number of carbonyl (C=O) groups is 1. The molecular formula is C19H30N2O3. The van der Waals surface area contributed by atoms with Crippen molar-refractivity contribution in [1.29, 1.82) is 0 Å². The van der Waals surface area contributed by atoms with Crippen LogP contribution in [-0.2, 0) is 4.79 Å². The second kappa shape index (κ2) is 12.4. The van der Waals surface area contributed by atoms with Crippen molar-refractivity contribution in [2.45, 2.75) is 71.1 Å². The van der Waals surface area contributed by atoms with E-state index >= 15 is 0 Å². The molecule has 1 aromatic carbocycles. The quantitative estimate of drug-likeness (QED) is 0.300. The molecule has 0 heterocycles. The second-order valence-corrected chi connectivity index (χ2v) is 6.11. The van der Waals surface area contributed by atoms with E-state index in [2.05, 4.69) is 17.5 Å². The molecule has 5 heteroatoms. The summed E-state index contributed by atoms with van der Waals surface area (Å²) in [4.78, 5) is 11.7. The van der Waals surface area contributed by atoms with Gasteiger partial charge in [-0.1, -0.05) is 58.3 Å². The Bertz CT molecular complexity index is 515. The maximum Gasteiger partial charge on any atom is 0.240 e. The normalized spacial score (nSPS) is 11.0. The van der Waals surface area contributed by atoms with Crippen LogP contribution in [0.3, 0.4) is 0 Å². The van der Waals surface area contributed by atoms with Gasteiger partial charge < -0.3 is 10.2 Å². The van der Waals surface area contributed by atoms with Crippen molar-refractivity contribution in [3.05, 3.63) is 23.8 Å². The molecule has 3 N–H and O–H groups in total. The van der Waals surface area contributed by atoms with Crippen molar-refractivity contribution in [2.24, 2.45) is 5.10 Å². The van der Waals surface area contributed by atoms with Gasteiger partial charge in [-0.25, -0.2) is 5.43 Å². The molecule has 24 heavy (non-hydrogen) atoms. The zero-order chi connectivity index (χ0) is 17.6. The molecule has 0 bridgehead atoms. The zero-order valence-corrected chi connectivity index (χ0v) is 14.6. The van der Waals surface area contributed by atoms with Gasteiger partial charge in [-0.3, -0.25) is 4.79 Å². The molecule has 0 aliphatic heterocycles. The first-order valence-corrected chi connectivity index (χ1v) is 8.97. The first-order chi connectivity index (χ1) is 11.6. The number of phenols is 2. The highest BCUT2D eigenvalue weighted by Crippen LogP contribution is 2.20. The zero-order valence-electron chi connectivity index (χ0n) is 14.6. The molecule has 0 aliphatic rings. The van der Waals surface area contributed by atoms with E-state index < -0.39 is 0 Å². The summed E-state index contributed by atoms with van der Waals surface area (Å²) in [6.45, 7) is 2.22. The number of hydrazone groups is 1. The third-order valence-electron chi connectivity index (χ3n) is 3.91. The highest BCUT2D eigenvalue weighted by molar-refractivity contribution is 5.85. The summed E-state index contributed by atoms with van der Waals surface area (Å²) in [5, 5.41) is 22.6. The molecule has 0 spiro atoms. The summed E-state index contributed by atoms with van der Waals surface area (Å²) in [6, 6.07) is 4.21. The van der Waals surface area contributed by atoms with Gasteiger partial charge in [0.05, 0.1) is 6.21 Å². The smallest absolute Gasteiger partial charge is 0.240 e. The molecule has 134 valence electrons. The summed E-state index contributed by atoms with van der Waals surface area (Å²) in [5.74, 6) is -0.210. The topological polar surface area (TPSA) is 81.9 Å². The van der Waals surface area contributed by atoms with Gasteiger partial charge in [0.25, 0.3) is 0 Å². The van der Waals surface area contributed by atoms with Crippen LogP contribution in [0.15, 0.2) is 23.3 Å². The van der Waals surface area contributed by atoms with E-state index in [-0.39, 0.29) is 17.4 Å². The highest BCUT2D eigenvalue weighted by atomic mass is 16.3. The van der Waals surface area contributed by atoms with Gasteiger partial charge in [-0.15, -0.1) is 0 Å². The van der Waals surface area contributed by atoms with Crippen LogP contribution in [0.1, 0.15) is 76.7 Å². The molecule has 0 saturated carbocycles. The standard InChI is InChI=1S/C19H30N2O3/c1-2-3-4-5-6-7-8-9-10-11-19(24)21-20-15-16-12-13-17(22)14-18(16)23/h12-15,22-23H,2-11H2,1H3,(H,21,24)/b20-15-. The van der Waals surface area contributed by atoms with Crippen molar-refractivity contribution < 1.29 is 15.0 Å². The lowest BCUT2D eigenvalue weighted by molar-refractivity contribution is -0.121. The average Bonchev–Trinajstić information content (AvgIpc) is 2.55. The number of carbonyl (C=O) groups excluding carboxylic acids is 1. The van der Waals surface area contributed by atoms with E-state index in [9.17, 15) is 15.0 Å². The summed E-state index contributed by atoms with van der Waals surface area (Å²) >= 11 is 0. The van der Waals surface area contributed by atoms with Crippen LogP contribution in [-0.4, -0.2) is 22.3 Å². The van der Waals surface area contributed by atoms with E-state index in [1.807, 2.05) is 0 Å². The van der Waals surface area contributed by atoms with Gasteiger partial charge in [0.1, 0.15) is 11.5 Å². The fourth-order valence-corrected chi connectivity index (χ4v) is 2.47. The fraction of sp³-hybridized carbons (Fsp3) is 0.579. The largest absolute Gasteiger partial charge is 0.508 e. The Morgan fingerprint density at radius 3 is 2.29 bits per heavy atom. The Kier molecular flexibility index (Phi) is 10.3. The minimum absolute atomic E-state index is 0.0148. The minimum atomic E-state index is -0.118. The fourth-order valence-electron chi connectivity index (χ4n) is 2.47. The molecule has 5 nitrogen and oxygen atoms in total. The molecule has 0 fully saturated rings. The third-order valence-corrected chi connectivity index (χ3v) is 3.91. The lowest BCUT2D eigenvalue weighted by Gasteiger charge is -2.02. The monoisotopic (exact) mass is 334 g/mol. The maximum atomic E-state index is 11.7. The Labute approximate surface area is 144 Å². The lowest BCUT2D eigenvalue weighted by Crippen LogP contribution is -2.16. The maximum absolute atomic E-state index is 11.7. The van der Waals surface area contributed by atoms with E-state index in [0.29, 0.717) is 12.0 Å². The number of nitrogens with zero attached hydrogens (tertiary/aromatic N) is 1. The van der Waals surface area contributed by atoms with Gasteiger partial charge in [0, 0.05) is 18.1 Å². The van der Waals surface area contributed by atoms with Gasteiger partial charge in [0.15, 0.2) is 0 Å². The van der Waals surface area contributed by atoms with Crippen LogP contribution >= 0.6 is 0 Å². The molecule has 0 saturated heterocycles. The number of hydrogen-bond acceptors (Lipinski definition) is 4. The van der Waals surface area contributed by atoms with Crippen LogP contribution < -0.4 is 5.43 Å². The lowest BCUT2D eigenvalue weighted by atomic mass is 10.1. The molecular weight excluding hydrogens is 304 g/mol. The molecule has 1 amide bonds. The summed E-state index contributed by atoms with van der Waals surface area (Å²) in [6.07, 6.45) is 12.8. The third kappa shape index (κ3) is 9.18. The van der Waals surface area contributed by atoms with Crippen LogP contribution in [0.4, 0.5) is 0 Å². The van der Waals surface area contributed by atoms with E-state index in [1.54, 1.807) is 0 Å². The molecule has 0 aliphatic carbocycles. The van der Waals surface area contributed by atoms with Gasteiger partial charge in [0.2, 0.25) is 5.91 Å². The van der Waals surface area contributed by atoms with Gasteiger partial charge >= 0.3 is 0 Å². The van der Waals surface area contributed by atoms with E-state index in [4.69, 9.17) is 0 Å². The van der Waals surface area contributed by atoms with Crippen LogP contribution in [0.5, 0.6) is 11.5 Å². The number of phenolic OH excluding ortho intramolecular Hbond substituents is 2. The number of unbranched alkanes of at least 4 members (excludes halogenated alkanes) is 8. The van der Waals surface area contributed by atoms with Crippen molar-refractivity contribution in [3.8, 4) is 11.5 Å². The van der Waals surface area contributed by atoms with Crippen molar-refractivity contribution in [3.63, 3.8) is 0 Å². The molecule has 0 unspecified atom stereocenters. The molecule has 1 aromatic rings. The predicted octanol–water partition coefficient (Wildman–Crippen LogP) is 4.47. The molecule has 0 atom stereocenters. The number of nitrogens with one attached hydrogen (secondary N) is 1. The number of benzene rings is 1. The number of amides is 1. The number of rotatable bonds is 12. The summed E-state index contributed by atoms with van der Waals surface area (Å²) in [7, 11) is 0. The minimum Gasteiger partial charge on any atom is -0.508 e. The Morgan fingerprint density at radius 2 is 1.67 bits per heavy atom. The Hall–Kier alpha value is -2.04. The SMILES string of the molecule is CCCCCCCCCCCC(=O)N/N=C\c1ccc(O)cc1O. The van der Waals surface area contributed by atoms with Gasteiger partial charge in [-0.2, -0.15) is 5.10 Å². The number of hydrogen-bond donors (Lipinski definition) is 3. The number of aromatic hydroxyl groups is 2. The first kappa shape index (κ1) is 20.0. The van der Waals surface area contributed by atoms with E-state index in [1.165, 1.54) is 69.4 Å². The summed E-state index contributed by atoms with van der Waals surface area (Å²) in [5.41, 5.74) is 2.90. The highest BCUT2D eigenvalue weighted by Gasteiger charge is 2.01. The van der Waals surface area contributed by atoms with Crippen molar-refractivity contribution >= 4 is 12.1 Å². The molecule has 0 aromatic heterocycles. The predicted molar refractivity (Wildman–Crippen MR) is 97.4 cm³/mol. The van der Waals surface area contributed by atoms with Crippen LogP contribution in [0.2, 0.25) is 0 Å².